The number of ketones is 1. The molecule has 41 heavy (non-hydrogen) atoms. The summed E-state index contributed by atoms with van der Waals surface area (Å²) < 4.78 is 5.70. The topological polar surface area (TPSA) is 210 Å². The van der Waals surface area contributed by atoms with Crippen LogP contribution in [0.3, 0.4) is 0 Å². The summed E-state index contributed by atoms with van der Waals surface area (Å²) in [6.07, 6.45) is 1.35. The zero-order chi connectivity index (χ0) is 30.4. The number of anilines is 1. The van der Waals surface area contributed by atoms with Crippen LogP contribution in [0, 0.1) is 23.2 Å². The van der Waals surface area contributed by atoms with Crippen molar-refractivity contribution in [1.29, 1.82) is 5.26 Å². The molecule has 3 aliphatic carbocycles. The van der Waals surface area contributed by atoms with Crippen LogP contribution in [-0.4, -0.2) is 88.2 Å². The number of ether oxygens (including phenoxy) is 1. The van der Waals surface area contributed by atoms with E-state index in [2.05, 4.69) is 6.07 Å². The molecular formula is C29H37N5O7. The van der Waals surface area contributed by atoms with Gasteiger partial charge in [-0.25, -0.2) is 0 Å². The Morgan fingerprint density at radius 3 is 2.49 bits per heavy atom. The van der Waals surface area contributed by atoms with E-state index in [4.69, 9.17) is 21.5 Å². The van der Waals surface area contributed by atoms with Gasteiger partial charge in [-0.05, 0) is 69.8 Å². The van der Waals surface area contributed by atoms with Crippen molar-refractivity contribution in [3.8, 4) is 11.8 Å². The number of nitrogens with zero attached hydrogens (tertiary/aromatic N) is 3. The molecule has 1 saturated heterocycles. The maximum atomic E-state index is 14.3. The first-order valence-corrected chi connectivity index (χ1v) is 13.6. The number of nitrogens with two attached hydrogens (primary N) is 2. The van der Waals surface area contributed by atoms with E-state index in [0.29, 0.717) is 17.5 Å². The number of likely N-dealkylation sites (N-methyl/N-ethyl adjacent to an activating group) is 1. The number of aliphatic hydroxyl groups is 3. The molecule has 4 aliphatic rings. The Kier molecular flexibility index (Phi) is 6.47. The molecule has 1 aliphatic heterocycles. The quantitative estimate of drug-likeness (QED) is 0.253. The molecule has 2 unspecified atom stereocenters. The number of epoxide rings is 1. The Morgan fingerprint density at radius 2 is 1.93 bits per heavy atom. The van der Waals surface area contributed by atoms with Crippen molar-refractivity contribution >= 4 is 23.1 Å². The van der Waals surface area contributed by atoms with E-state index in [1.165, 1.54) is 0 Å². The summed E-state index contributed by atoms with van der Waals surface area (Å²) in [5.41, 5.74) is 10.6. The molecule has 1 saturated carbocycles. The molecule has 12 nitrogen and oxygen atoms in total. The summed E-state index contributed by atoms with van der Waals surface area (Å²) >= 11 is 0. The second kappa shape index (κ2) is 9.19. The average Bonchev–Trinajstić information content (AvgIpc) is 3.49. The maximum Gasteiger partial charge on any atom is 0.253 e. The van der Waals surface area contributed by atoms with Crippen molar-refractivity contribution in [3.05, 3.63) is 39.7 Å². The molecule has 0 bridgehead atoms. The zero-order valence-electron chi connectivity index (χ0n) is 23.9. The van der Waals surface area contributed by atoms with Gasteiger partial charge in [0.25, 0.3) is 5.91 Å². The number of phenolic OH excluding ortho intramolecular Hbond substituents is 1. The predicted molar refractivity (Wildman–Crippen MR) is 149 cm³/mol. The van der Waals surface area contributed by atoms with Gasteiger partial charge in [-0.15, -0.1) is 0 Å². The number of aliphatic hydroxyl groups excluding tert-OH is 2. The number of carbonyl (C=O) groups excluding carboxylic acids is 2. The highest BCUT2D eigenvalue weighted by molar-refractivity contribution is 6.14. The number of hydrogen-bond donors (Lipinski definition) is 6. The van der Waals surface area contributed by atoms with Gasteiger partial charge in [0, 0.05) is 43.2 Å². The molecule has 1 amide bonds. The SMILES string of the molecule is CN(C)c1cc(CC(C)(N)CCC#N)c(O)c2c1C[C@H]1C[C@H]3[C@H](N(C)C)C(O)=C(C(N)=O)C4(O)O[C@]34C(=O)C1=C2O. The van der Waals surface area contributed by atoms with Crippen molar-refractivity contribution in [1.82, 2.24) is 4.90 Å². The Hall–Kier alpha value is -3.63. The van der Waals surface area contributed by atoms with Gasteiger partial charge in [0.2, 0.25) is 11.6 Å². The highest BCUT2D eigenvalue weighted by Gasteiger charge is 2.86. The highest BCUT2D eigenvalue weighted by Crippen LogP contribution is 2.67. The third-order valence-electron chi connectivity index (χ3n) is 9.17. The van der Waals surface area contributed by atoms with Crippen LogP contribution in [0.5, 0.6) is 5.75 Å². The summed E-state index contributed by atoms with van der Waals surface area (Å²) in [7, 11) is 7.02. The summed E-state index contributed by atoms with van der Waals surface area (Å²) in [5, 5.41) is 54.6. The number of aromatic hydroxyl groups is 1. The van der Waals surface area contributed by atoms with E-state index in [-0.39, 0.29) is 42.6 Å². The van der Waals surface area contributed by atoms with E-state index in [1.54, 1.807) is 25.9 Å². The fourth-order valence-electron chi connectivity index (χ4n) is 7.36. The summed E-state index contributed by atoms with van der Waals surface area (Å²) in [4.78, 5) is 30.1. The van der Waals surface area contributed by atoms with E-state index in [1.807, 2.05) is 25.1 Å². The molecule has 2 fully saturated rings. The number of carbonyl (C=O) groups is 2. The molecule has 8 N–H and O–H groups in total. The van der Waals surface area contributed by atoms with Gasteiger partial charge in [0.1, 0.15) is 22.8 Å². The summed E-state index contributed by atoms with van der Waals surface area (Å²) in [5.74, 6) is -6.63. The van der Waals surface area contributed by atoms with Crippen LogP contribution >= 0.6 is 0 Å². The van der Waals surface area contributed by atoms with Crippen molar-refractivity contribution in [2.24, 2.45) is 23.3 Å². The minimum absolute atomic E-state index is 0.00969. The number of nitriles is 1. The van der Waals surface area contributed by atoms with Crippen molar-refractivity contribution in [2.45, 2.75) is 62.0 Å². The van der Waals surface area contributed by atoms with E-state index >= 15 is 0 Å². The van der Waals surface area contributed by atoms with Gasteiger partial charge in [-0.2, -0.15) is 5.26 Å². The smallest absolute Gasteiger partial charge is 0.253 e. The summed E-state index contributed by atoms with van der Waals surface area (Å²) in [6.45, 7) is 1.78. The fraction of sp³-hybridized carbons (Fsp3) is 0.552. The average molecular weight is 568 g/mol. The second-order valence-corrected chi connectivity index (χ2v) is 12.5. The molecule has 1 spiro atoms. The lowest BCUT2D eigenvalue weighted by atomic mass is 9.58. The van der Waals surface area contributed by atoms with Gasteiger partial charge in [-0.3, -0.25) is 14.5 Å². The van der Waals surface area contributed by atoms with Gasteiger partial charge in [0.15, 0.2) is 5.60 Å². The van der Waals surface area contributed by atoms with Crippen molar-refractivity contribution < 1.29 is 34.8 Å². The van der Waals surface area contributed by atoms with Crippen LogP contribution in [0.1, 0.15) is 42.9 Å². The molecule has 0 aromatic heterocycles. The molecular weight excluding hydrogens is 530 g/mol. The number of fused-ring (bicyclic) bond motifs is 2. The maximum absolute atomic E-state index is 14.3. The zero-order valence-corrected chi connectivity index (χ0v) is 23.9. The normalized spacial score (nSPS) is 31.5. The van der Waals surface area contributed by atoms with Crippen LogP contribution in [0.15, 0.2) is 23.0 Å². The third kappa shape index (κ3) is 3.87. The molecule has 1 aromatic carbocycles. The highest BCUT2D eigenvalue weighted by atomic mass is 16.8. The van der Waals surface area contributed by atoms with Gasteiger partial charge in [0.05, 0.1) is 17.7 Å². The van der Waals surface area contributed by atoms with Crippen molar-refractivity contribution in [2.75, 3.05) is 33.1 Å². The molecule has 0 radical (unpaired) electrons. The molecule has 6 atom stereocenters. The number of primary amides is 1. The van der Waals surface area contributed by atoms with Crippen molar-refractivity contribution in [3.63, 3.8) is 0 Å². The van der Waals surface area contributed by atoms with Gasteiger partial charge >= 0.3 is 0 Å². The van der Waals surface area contributed by atoms with Gasteiger partial charge in [-0.1, -0.05) is 0 Å². The lowest BCUT2D eigenvalue weighted by molar-refractivity contribution is -0.127. The molecule has 220 valence electrons. The number of amides is 1. The number of phenols is 1. The first kappa shape index (κ1) is 28.9. The van der Waals surface area contributed by atoms with E-state index in [0.717, 1.165) is 5.69 Å². The van der Waals surface area contributed by atoms with Crippen LogP contribution in [0.4, 0.5) is 5.69 Å². The Morgan fingerprint density at radius 1 is 1.27 bits per heavy atom. The van der Waals surface area contributed by atoms with Crippen LogP contribution in [0.25, 0.3) is 5.76 Å². The number of benzene rings is 1. The first-order valence-electron chi connectivity index (χ1n) is 13.6. The van der Waals surface area contributed by atoms with Gasteiger partial charge < -0.3 is 41.5 Å². The molecule has 1 heterocycles. The standard InChI is InChI=1S/C29H37N5O7/c1-27(32,7-6-8-30)12-14-11-17(33(2)3)15-9-13-10-16-21(34(4)5)24(37)20(26(31)39)29(40)28(16,41-29)25(38)18(13)23(36)19(15)22(14)35/h11,13,16,21,35-37,40H,6-7,9-10,12,32H2,1-5H3,(H2,31,39)/t13-,16-,21-,27?,28-,29?/m0/s1. The van der Waals surface area contributed by atoms with E-state index < -0.39 is 63.6 Å². The Bertz CT molecular complexity index is 1470. The lowest BCUT2D eigenvalue weighted by Crippen LogP contribution is -2.60. The van der Waals surface area contributed by atoms with Crippen LogP contribution in [-0.2, 0) is 27.2 Å². The van der Waals surface area contributed by atoms with Crippen LogP contribution < -0.4 is 16.4 Å². The third-order valence-corrected chi connectivity index (χ3v) is 9.17. The molecule has 12 heteroatoms. The Balaban J connectivity index is 1.68. The monoisotopic (exact) mass is 567 g/mol. The van der Waals surface area contributed by atoms with Crippen LogP contribution in [0.2, 0.25) is 0 Å². The predicted octanol–water partition coefficient (Wildman–Crippen LogP) is 0.751. The first-order chi connectivity index (χ1) is 19.0. The molecule has 1 aromatic rings. The number of hydrogen-bond acceptors (Lipinski definition) is 11. The number of Topliss-reactive ketones (excluding diaryl/α,β-unsaturated/α-hetero) is 1. The largest absolute Gasteiger partial charge is 0.510 e. The minimum Gasteiger partial charge on any atom is -0.510 e. The number of rotatable bonds is 7. The second-order valence-electron chi connectivity index (χ2n) is 12.5. The summed E-state index contributed by atoms with van der Waals surface area (Å²) in [6, 6.07) is 3.05. The minimum atomic E-state index is -2.43. The van der Waals surface area contributed by atoms with E-state index in [9.17, 15) is 30.0 Å². The lowest BCUT2D eigenvalue weighted by Gasteiger charge is -2.46. The fourth-order valence-corrected chi connectivity index (χ4v) is 7.36. The Labute approximate surface area is 238 Å². The molecule has 5 rings (SSSR count).